The maximum atomic E-state index is 13.5. The molecule has 1 rings (SSSR count). The van der Waals surface area contributed by atoms with Gasteiger partial charge >= 0.3 is 11.9 Å². The lowest BCUT2D eigenvalue weighted by Crippen LogP contribution is -2.47. The molecule has 0 saturated carbocycles. The number of aliphatic carboxylic acids is 1. The van der Waals surface area contributed by atoms with Crippen molar-refractivity contribution in [3.63, 3.8) is 0 Å². The van der Waals surface area contributed by atoms with Crippen molar-refractivity contribution >= 4 is 17.6 Å². The highest BCUT2D eigenvalue weighted by Crippen LogP contribution is 2.19. The number of benzene rings is 1. The fourth-order valence-electron chi connectivity index (χ4n) is 1.52. The second-order valence-electron chi connectivity index (χ2n) is 4.20. The van der Waals surface area contributed by atoms with Crippen molar-refractivity contribution in [2.75, 3.05) is 19.0 Å². The zero-order valence-corrected chi connectivity index (χ0v) is 10.4. The van der Waals surface area contributed by atoms with Crippen LogP contribution >= 0.6 is 0 Å². The molecule has 0 spiro atoms. The molecule has 0 radical (unpaired) electrons. The summed E-state index contributed by atoms with van der Waals surface area (Å²) in [6.45, 7) is 1.24. The first-order valence-electron chi connectivity index (χ1n) is 5.33. The number of methoxy groups -OCH3 is 1. The summed E-state index contributed by atoms with van der Waals surface area (Å²) >= 11 is 0. The SMILES string of the molecule is COCC(C)(Nc1ccc(C(=O)O)c(F)c1)C(=O)O. The molecule has 7 heteroatoms. The van der Waals surface area contributed by atoms with E-state index in [9.17, 15) is 14.0 Å². The lowest BCUT2D eigenvalue weighted by atomic mass is 10.0. The first-order valence-corrected chi connectivity index (χ1v) is 5.33. The first-order chi connectivity index (χ1) is 8.80. The van der Waals surface area contributed by atoms with Gasteiger partial charge in [-0.2, -0.15) is 0 Å². The summed E-state index contributed by atoms with van der Waals surface area (Å²) in [5.74, 6) is -3.50. The zero-order valence-electron chi connectivity index (χ0n) is 10.4. The Balaban J connectivity index is 3.02. The van der Waals surface area contributed by atoms with Gasteiger partial charge in [0.1, 0.15) is 5.82 Å². The predicted molar refractivity (Wildman–Crippen MR) is 64.9 cm³/mol. The Hall–Kier alpha value is -2.15. The van der Waals surface area contributed by atoms with Gasteiger partial charge in [-0.1, -0.05) is 0 Å². The largest absolute Gasteiger partial charge is 0.479 e. The number of carboxylic acid groups (broad SMARTS) is 2. The van der Waals surface area contributed by atoms with Crippen LogP contribution in [0, 0.1) is 5.82 Å². The summed E-state index contributed by atoms with van der Waals surface area (Å²) in [6.07, 6.45) is 0. The summed E-state index contributed by atoms with van der Waals surface area (Å²) in [4.78, 5) is 21.8. The molecule has 1 unspecified atom stereocenters. The standard InChI is InChI=1S/C12H14FNO5/c1-12(6-19-2,11(17)18)14-7-3-4-8(10(15)16)9(13)5-7/h3-5,14H,6H2,1-2H3,(H,15,16)(H,17,18). The first kappa shape index (κ1) is 14.9. The maximum absolute atomic E-state index is 13.5. The van der Waals surface area contributed by atoms with E-state index >= 15 is 0 Å². The van der Waals surface area contributed by atoms with E-state index in [4.69, 9.17) is 14.9 Å². The summed E-state index contributed by atoms with van der Waals surface area (Å²) in [5.41, 5.74) is -1.76. The number of carbonyl (C=O) groups is 2. The average Bonchev–Trinajstić information content (AvgIpc) is 2.28. The van der Waals surface area contributed by atoms with E-state index in [2.05, 4.69) is 5.32 Å². The molecule has 0 amide bonds. The summed E-state index contributed by atoms with van der Waals surface area (Å²) in [5, 5.41) is 20.4. The minimum absolute atomic E-state index is 0.134. The van der Waals surface area contributed by atoms with Crippen molar-refractivity contribution in [2.24, 2.45) is 0 Å². The minimum atomic E-state index is -1.44. The van der Waals surface area contributed by atoms with Crippen LogP contribution in [0.3, 0.4) is 0 Å². The van der Waals surface area contributed by atoms with Crippen LogP contribution in [-0.4, -0.2) is 41.4 Å². The Morgan fingerprint density at radius 2 is 2.05 bits per heavy atom. The highest BCUT2D eigenvalue weighted by molar-refractivity contribution is 5.88. The van der Waals surface area contributed by atoms with Gasteiger partial charge in [0.2, 0.25) is 0 Å². The number of halogens is 1. The molecular weight excluding hydrogens is 257 g/mol. The van der Waals surface area contributed by atoms with Crippen molar-refractivity contribution in [3.8, 4) is 0 Å². The van der Waals surface area contributed by atoms with Gasteiger partial charge in [0.15, 0.2) is 5.54 Å². The molecule has 0 bridgehead atoms. The number of hydrogen-bond acceptors (Lipinski definition) is 4. The number of ether oxygens (including phenoxy) is 1. The molecule has 0 saturated heterocycles. The topological polar surface area (TPSA) is 95.9 Å². The zero-order chi connectivity index (χ0) is 14.6. The smallest absolute Gasteiger partial charge is 0.338 e. The molecule has 1 aromatic carbocycles. The van der Waals surface area contributed by atoms with Crippen LogP contribution in [0.1, 0.15) is 17.3 Å². The molecule has 104 valence electrons. The van der Waals surface area contributed by atoms with E-state index in [1.54, 1.807) is 0 Å². The van der Waals surface area contributed by atoms with Crippen molar-refractivity contribution in [1.29, 1.82) is 0 Å². The van der Waals surface area contributed by atoms with E-state index in [1.807, 2.05) is 0 Å². The molecule has 19 heavy (non-hydrogen) atoms. The Morgan fingerprint density at radius 1 is 1.42 bits per heavy atom. The van der Waals surface area contributed by atoms with Gasteiger partial charge in [0.05, 0.1) is 12.2 Å². The second kappa shape index (κ2) is 5.66. The van der Waals surface area contributed by atoms with Crippen molar-refractivity contribution in [1.82, 2.24) is 0 Å². The second-order valence-corrected chi connectivity index (χ2v) is 4.20. The quantitative estimate of drug-likeness (QED) is 0.724. The maximum Gasteiger partial charge on any atom is 0.338 e. The van der Waals surface area contributed by atoms with Crippen molar-refractivity contribution in [2.45, 2.75) is 12.5 Å². The molecule has 3 N–H and O–H groups in total. The molecule has 0 heterocycles. The van der Waals surface area contributed by atoms with Crippen molar-refractivity contribution < 1.29 is 28.9 Å². The van der Waals surface area contributed by atoms with Crippen LogP contribution in [0.2, 0.25) is 0 Å². The Bertz CT molecular complexity index is 505. The van der Waals surface area contributed by atoms with Crippen molar-refractivity contribution in [3.05, 3.63) is 29.6 Å². The third-order valence-electron chi connectivity index (χ3n) is 2.52. The van der Waals surface area contributed by atoms with Gasteiger partial charge in [-0.15, -0.1) is 0 Å². The number of hydrogen-bond donors (Lipinski definition) is 3. The third-order valence-corrected chi connectivity index (χ3v) is 2.52. The Kier molecular flexibility index (Phi) is 4.44. The minimum Gasteiger partial charge on any atom is -0.479 e. The molecule has 6 nitrogen and oxygen atoms in total. The van der Waals surface area contributed by atoms with Crippen LogP contribution in [-0.2, 0) is 9.53 Å². The Labute approximate surface area is 108 Å². The van der Waals surface area contributed by atoms with E-state index in [0.29, 0.717) is 0 Å². The third kappa shape index (κ3) is 3.41. The molecule has 0 aliphatic heterocycles. The summed E-state index contributed by atoms with van der Waals surface area (Å²) in [7, 11) is 1.34. The number of nitrogens with one attached hydrogen (secondary N) is 1. The molecule has 0 aromatic heterocycles. The van der Waals surface area contributed by atoms with Crippen LogP contribution in [0.5, 0.6) is 0 Å². The lowest BCUT2D eigenvalue weighted by molar-refractivity contribution is -0.143. The average molecular weight is 271 g/mol. The highest BCUT2D eigenvalue weighted by atomic mass is 19.1. The van der Waals surface area contributed by atoms with Gasteiger partial charge in [-0.3, -0.25) is 0 Å². The fraction of sp³-hybridized carbons (Fsp3) is 0.333. The molecule has 1 atom stereocenters. The monoisotopic (exact) mass is 271 g/mol. The van der Waals surface area contributed by atoms with E-state index in [-0.39, 0.29) is 12.3 Å². The Morgan fingerprint density at radius 3 is 2.47 bits per heavy atom. The van der Waals surface area contributed by atoms with Gasteiger partial charge < -0.3 is 20.3 Å². The van der Waals surface area contributed by atoms with Crippen LogP contribution in [0.15, 0.2) is 18.2 Å². The molecular formula is C12H14FNO5. The van der Waals surface area contributed by atoms with Gasteiger partial charge in [0, 0.05) is 12.8 Å². The number of aromatic carboxylic acids is 1. The summed E-state index contributed by atoms with van der Waals surface area (Å²) in [6, 6.07) is 3.29. The number of carboxylic acids is 2. The number of anilines is 1. The molecule has 1 aromatic rings. The molecule has 0 aliphatic carbocycles. The fourth-order valence-corrected chi connectivity index (χ4v) is 1.52. The van der Waals surface area contributed by atoms with Crippen LogP contribution < -0.4 is 5.32 Å². The van der Waals surface area contributed by atoms with Gasteiger partial charge in [-0.25, -0.2) is 14.0 Å². The highest BCUT2D eigenvalue weighted by Gasteiger charge is 2.33. The normalized spacial score (nSPS) is 13.6. The molecule has 0 fully saturated rings. The van der Waals surface area contributed by atoms with E-state index in [1.165, 1.54) is 20.1 Å². The number of rotatable bonds is 6. The van der Waals surface area contributed by atoms with Crippen LogP contribution in [0.25, 0.3) is 0 Å². The van der Waals surface area contributed by atoms with E-state index in [0.717, 1.165) is 12.1 Å². The van der Waals surface area contributed by atoms with Crippen LogP contribution in [0.4, 0.5) is 10.1 Å². The van der Waals surface area contributed by atoms with Gasteiger partial charge in [0.25, 0.3) is 0 Å². The lowest BCUT2D eigenvalue weighted by Gasteiger charge is -2.26. The molecule has 0 aliphatic rings. The summed E-state index contributed by atoms with van der Waals surface area (Å²) < 4.78 is 18.3. The van der Waals surface area contributed by atoms with Gasteiger partial charge in [-0.05, 0) is 25.1 Å². The predicted octanol–water partition coefficient (Wildman–Crippen LogP) is 1.43. The van der Waals surface area contributed by atoms with E-state index < -0.39 is 28.9 Å².